The van der Waals surface area contributed by atoms with Crippen LogP contribution in [0.3, 0.4) is 0 Å². The van der Waals surface area contributed by atoms with Gasteiger partial charge in [0.2, 0.25) is 15.9 Å². The Kier molecular flexibility index (Phi) is 8.94. The van der Waals surface area contributed by atoms with Crippen LogP contribution in [0.4, 0.5) is 5.69 Å². The molecule has 0 saturated carbocycles. The van der Waals surface area contributed by atoms with Crippen molar-refractivity contribution in [3.63, 3.8) is 0 Å². The number of thioether (sulfide) groups is 1. The summed E-state index contributed by atoms with van der Waals surface area (Å²) in [6, 6.07) is 12.7. The lowest BCUT2D eigenvalue weighted by Crippen LogP contribution is -2.28. The average molecular weight is 590 g/mol. The maximum absolute atomic E-state index is 13.0. The van der Waals surface area contributed by atoms with Gasteiger partial charge in [-0.2, -0.15) is 4.31 Å². The van der Waals surface area contributed by atoms with E-state index in [1.807, 2.05) is 6.92 Å². The predicted octanol–water partition coefficient (Wildman–Crippen LogP) is 3.65. The van der Waals surface area contributed by atoms with Crippen molar-refractivity contribution in [3.8, 4) is 0 Å². The number of aryl methyl sites for hydroxylation is 1. The van der Waals surface area contributed by atoms with Gasteiger partial charge < -0.3 is 9.88 Å². The minimum atomic E-state index is -3.65. The number of hydrogen-bond acceptors (Lipinski definition) is 8. The fraction of sp³-hybridized carbons (Fsp3) is 0.346. The van der Waals surface area contributed by atoms with Gasteiger partial charge in [-0.1, -0.05) is 35.5 Å². The van der Waals surface area contributed by atoms with Crippen molar-refractivity contribution in [2.75, 3.05) is 18.4 Å². The van der Waals surface area contributed by atoms with E-state index >= 15 is 0 Å². The number of benzene rings is 2. The summed E-state index contributed by atoms with van der Waals surface area (Å²) in [5.41, 5.74) is 1.42. The van der Waals surface area contributed by atoms with Crippen LogP contribution in [0.2, 0.25) is 0 Å². The van der Waals surface area contributed by atoms with Gasteiger partial charge in [-0.25, -0.2) is 16.8 Å². The van der Waals surface area contributed by atoms with Crippen LogP contribution >= 0.6 is 11.8 Å². The highest BCUT2D eigenvalue weighted by molar-refractivity contribution is 8.00. The molecule has 39 heavy (non-hydrogen) atoms. The van der Waals surface area contributed by atoms with E-state index in [4.69, 9.17) is 0 Å². The Balaban J connectivity index is 1.43. The lowest BCUT2D eigenvalue weighted by atomic mass is 10.2. The molecule has 4 rings (SSSR count). The minimum Gasteiger partial charge on any atom is -0.325 e. The van der Waals surface area contributed by atoms with Gasteiger partial charge in [0.1, 0.15) is 11.6 Å². The van der Waals surface area contributed by atoms with Crippen molar-refractivity contribution in [2.45, 2.75) is 59.2 Å². The summed E-state index contributed by atoms with van der Waals surface area (Å²) >= 11 is 1.14. The number of allylic oxidation sites excluding steroid dienone is 1. The number of sulfonamides is 1. The number of sulfone groups is 1. The van der Waals surface area contributed by atoms with Crippen LogP contribution in [-0.2, 0) is 37.0 Å². The fourth-order valence-electron chi connectivity index (χ4n) is 4.07. The molecule has 1 aliphatic heterocycles. The molecule has 1 N–H and O–H groups in total. The normalized spacial score (nSPS) is 15.2. The Hall–Kier alpha value is -3.00. The lowest BCUT2D eigenvalue weighted by molar-refractivity contribution is -0.115. The third-order valence-electron chi connectivity index (χ3n) is 6.28. The van der Waals surface area contributed by atoms with Crippen molar-refractivity contribution in [1.82, 2.24) is 19.1 Å². The third-order valence-corrected chi connectivity index (χ3v) is 10.9. The number of aromatic nitrogens is 3. The number of hydrogen-bond donors (Lipinski definition) is 1. The molecule has 0 spiro atoms. The zero-order chi connectivity index (χ0) is 28.2. The first-order chi connectivity index (χ1) is 18.5. The summed E-state index contributed by atoms with van der Waals surface area (Å²) < 4.78 is 54.5. The zero-order valence-corrected chi connectivity index (χ0v) is 24.2. The molecule has 0 aliphatic carbocycles. The van der Waals surface area contributed by atoms with Crippen LogP contribution in [0.15, 0.2) is 76.1 Å². The number of nitrogens with one attached hydrogen (secondary N) is 1. The van der Waals surface area contributed by atoms with Crippen molar-refractivity contribution in [3.05, 3.63) is 72.6 Å². The van der Waals surface area contributed by atoms with Gasteiger partial charge in [0.05, 0.1) is 15.0 Å². The van der Waals surface area contributed by atoms with Gasteiger partial charge in [-0.15, -0.1) is 16.8 Å². The maximum atomic E-state index is 13.0. The molecular weight excluding hydrogens is 559 g/mol. The first kappa shape index (κ1) is 29.0. The van der Waals surface area contributed by atoms with Crippen LogP contribution in [0.25, 0.3) is 0 Å². The summed E-state index contributed by atoms with van der Waals surface area (Å²) in [4.78, 5) is 13.3. The summed E-state index contributed by atoms with van der Waals surface area (Å²) in [6.07, 6.45) is 3.32. The first-order valence-corrected chi connectivity index (χ1v) is 16.4. The van der Waals surface area contributed by atoms with Gasteiger partial charge in [-0.3, -0.25) is 4.79 Å². The van der Waals surface area contributed by atoms with Gasteiger partial charge in [0.25, 0.3) is 0 Å². The number of carbonyl (C=O) groups excluding carboxylic acids is 1. The smallest absolute Gasteiger partial charge is 0.243 e. The second-order valence-electron chi connectivity index (χ2n) is 9.26. The van der Waals surface area contributed by atoms with E-state index in [0.29, 0.717) is 23.9 Å². The van der Waals surface area contributed by atoms with E-state index in [9.17, 15) is 21.6 Å². The van der Waals surface area contributed by atoms with E-state index in [2.05, 4.69) is 22.1 Å². The third kappa shape index (κ3) is 6.78. The molecule has 1 unspecified atom stereocenters. The first-order valence-electron chi connectivity index (χ1n) is 12.4. The molecule has 3 aromatic rings. The Labute approximate surface area is 233 Å². The molecule has 0 bridgehead atoms. The van der Waals surface area contributed by atoms with Crippen LogP contribution in [0.1, 0.15) is 31.2 Å². The van der Waals surface area contributed by atoms with E-state index in [0.717, 1.165) is 30.2 Å². The molecule has 208 valence electrons. The molecule has 1 atom stereocenters. The highest BCUT2D eigenvalue weighted by Crippen LogP contribution is 2.26. The van der Waals surface area contributed by atoms with Crippen molar-refractivity contribution < 1.29 is 21.6 Å². The molecule has 13 heteroatoms. The standard InChI is InChI=1S/C26H31N5O5S3/c1-4-15-31-24(18-38(33,34)22-11-7-19(2)8-12-22)28-29-26(31)37-20(3)25(32)27-21-9-13-23(14-10-21)39(35,36)30-16-5-6-17-30/h4,7-14,20H,1,5-6,15-18H2,2-3H3,(H,27,32). The highest BCUT2D eigenvalue weighted by atomic mass is 32.2. The van der Waals surface area contributed by atoms with Crippen molar-refractivity contribution in [1.29, 1.82) is 0 Å². The second kappa shape index (κ2) is 12.0. The summed E-state index contributed by atoms with van der Waals surface area (Å²) in [7, 11) is -7.19. The van der Waals surface area contributed by atoms with Crippen molar-refractivity contribution in [2.24, 2.45) is 0 Å². The molecule has 2 aromatic carbocycles. The van der Waals surface area contributed by atoms with E-state index < -0.39 is 25.1 Å². The van der Waals surface area contributed by atoms with Crippen LogP contribution in [0.5, 0.6) is 0 Å². The molecule has 1 fully saturated rings. The zero-order valence-electron chi connectivity index (χ0n) is 21.8. The molecule has 10 nitrogen and oxygen atoms in total. The van der Waals surface area contributed by atoms with Gasteiger partial charge >= 0.3 is 0 Å². The van der Waals surface area contributed by atoms with Crippen LogP contribution in [-0.4, -0.2) is 60.2 Å². The largest absolute Gasteiger partial charge is 0.325 e. The summed E-state index contributed by atoms with van der Waals surface area (Å²) in [5.74, 6) is -0.414. The highest BCUT2D eigenvalue weighted by Gasteiger charge is 2.27. The number of anilines is 1. The molecule has 1 saturated heterocycles. The Bertz CT molecular complexity index is 1540. The number of rotatable bonds is 11. The number of nitrogens with zero attached hydrogens (tertiary/aromatic N) is 4. The SMILES string of the molecule is C=CCn1c(CS(=O)(=O)c2ccc(C)cc2)nnc1SC(C)C(=O)Nc1ccc(S(=O)(=O)N2CCCC2)cc1. The molecule has 2 heterocycles. The number of carbonyl (C=O) groups is 1. The molecule has 1 aromatic heterocycles. The summed E-state index contributed by atoms with van der Waals surface area (Å²) in [5, 5.41) is 10.8. The quantitative estimate of drug-likeness (QED) is 0.265. The van der Waals surface area contributed by atoms with Gasteiger partial charge in [0.15, 0.2) is 15.0 Å². The van der Waals surface area contributed by atoms with Crippen molar-refractivity contribution >= 4 is 43.2 Å². The fourth-order valence-corrected chi connectivity index (χ4v) is 7.73. The summed E-state index contributed by atoms with van der Waals surface area (Å²) in [6.45, 7) is 8.63. The van der Waals surface area contributed by atoms with E-state index in [1.165, 1.54) is 16.4 Å². The average Bonchev–Trinajstić information content (AvgIpc) is 3.57. The monoisotopic (exact) mass is 589 g/mol. The van der Waals surface area contributed by atoms with Crippen LogP contribution in [0, 0.1) is 6.92 Å². The predicted molar refractivity (Wildman–Crippen MR) is 151 cm³/mol. The maximum Gasteiger partial charge on any atom is 0.243 e. The lowest BCUT2D eigenvalue weighted by Gasteiger charge is -2.16. The second-order valence-corrected chi connectivity index (χ2v) is 14.5. The molecule has 0 radical (unpaired) electrons. The Morgan fingerprint density at radius 2 is 1.64 bits per heavy atom. The van der Waals surface area contributed by atoms with Gasteiger partial charge in [0, 0.05) is 25.3 Å². The van der Waals surface area contributed by atoms with E-state index in [-0.39, 0.29) is 33.8 Å². The Morgan fingerprint density at radius 1 is 1.03 bits per heavy atom. The minimum absolute atomic E-state index is 0.190. The molecule has 1 aliphatic rings. The topological polar surface area (TPSA) is 131 Å². The number of amides is 1. The molecule has 1 amide bonds. The van der Waals surface area contributed by atoms with E-state index in [1.54, 1.807) is 54.0 Å². The van der Waals surface area contributed by atoms with Crippen LogP contribution < -0.4 is 5.32 Å². The van der Waals surface area contributed by atoms with Gasteiger partial charge in [-0.05, 0) is 63.1 Å². The Morgan fingerprint density at radius 3 is 2.26 bits per heavy atom. The molecular formula is C26H31N5O5S3.